The lowest BCUT2D eigenvalue weighted by molar-refractivity contribution is -0.143. The second kappa shape index (κ2) is 7.71. The van der Waals surface area contributed by atoms with Crippen LogP contribution < -0.4 is 19.5 Å². The summed E-state index contributed by atoms with van der Waals surface area (Å²) in [6.07, 6.45) is 2.96. The van der Waals surface area contributed by atoms with Crippen molar-refractivity contribution in [2.75, 3.05) is 39.7 Å². The minimum absolute atomic E-state index is 0.410. The lowest BCUT2D eigenvalue weighted by Gasteiger charge is -2.26. The Morgan fingerprint density at radius 1 is 0.957 bits per heavy atom. The highest BCUT2D eigenvalue weighted by Crippen LogP contribution is 2.39. The number of hydrogen-bond donors (Lipinski definition) is 1. The molecule has 7 heteroatoms. The van der Waals surface area contributed by atoms with Gasteiger partial charge in [0.25, 0.3) is 0 Å². The highest BCUT2D eigenvalue weighted by Gasteiger charge is 2.24. The summed E-state index contributed by atoms with van der Waals surface area (Å²) in [7, 11) is 4.47. The van der Waals surface area contributed by atoms with E-state index in [1.807, 2.05) is 0 Å². The number of nitrogens with one attached hydrogen (secondary N) is 1. The molecule has 1 aliphatic rings. The summed E-state index contributed by atoms with van der Waals surface area (Å²) in [5.41, 5.74) is 0.412. The van der Waals surface area contributed by atoms with Gasteiger partial charge in [-0.15, -0.1) is 0 Å². The van der Waals surface area contributed by atoms with Gasteiger partial charge in [0.15, 0.2) is 11.5 Å². The van der Waals surface area contributed by atoms with E-state index in [2.05, 4.69) is 5.32 Å². The number of likely N-dealkylation sites (tertiary alicyclic amines) is 1. The molecule has 0 aliphatic carbocycles. The standard InChI is InChI=1S/C16H22N2O5/c1-21-12-9-11(10-13(22-2)14(12)23-3)17-15(19)16(20)18-7-5-4-6-8-18/h9-10H,4-8H2,1-3H3,(H,17,19). The van der Waals surface area contributed by atoms with Gasteiger partial charge in [0.2, 0.25) is 5.75 Å². The number of ether oxygens (including phenoxy) is 3. The maximum atomic E-state index is 12.2. The average molecular weight is 322 g/mol. The van der Waals surface area contributed by atoms with Crippen LogP contribution in [-0.2, 0) is 9.59 Å². The SMILES string of the molecule is COc1cc(NC(=O)C(=O)N2CCCCC2)cc(OC)c1OC. The van der Waals surface area contributed by atoms with E-state index in [0.29, 0.717) is 36.0 Å². The van der Waals surface area contributed by atoms with E-state index >= 15 is 0 Å². The summed E-state index contributed by atoms with van der Waals surface area (Å²) >= 11 is 0. The first kappa shape index (κ1) is 16.9. The average Bonchev–Trinajstić information content (AvgIpc) is 2.60. The molecule has 0 radical (unpaired) electrons. The van der Waals surface area contributed by atoms with Crippen molar-refractivity contribution >= 4 is 17.5 Å². The number of amides is 2. The fraction of sp³-hybridized carbons (Fsp3) is 0.500. The Hall–Kier alpha value is -2.44. The van der Waals surface area contributed by atoms with Crippen LogP contribution in [-0.4, -0.2) is 51.1 Å². The van der Waals surface area contributed by atoms with Gasteiger partial charge in [0.05, 0.1) is 21.3 Å². The van der Waals surface area contributed by atoms with Crippen LogP contribution in [0.4, 0.5) is 5.69 Å². The molecular formula is C16H22N2O5. The maximum absolute atomic E-state index is 12.2. The Labute approximate surface area is 135 Å². The normalized spacial score (nSPS) is 14.1. The first-order valence-electron chi connectivity index (χ1n) is 7.51. The molecule has 2 amide bonds. The van der Waals surface area contributed by atoms with Gasteiger partial charge in [0, 0.05) is 30.9 Å². The van der Waals surface area contributed by atoms with Crippen molar-refractivity contribution < 1.29 is 23.8 Å². The number of piperidine rings is 1. The molecule has 0 unspecified atom stereocenters. The Balaban J connectivity index is 2.15. The Morgan fingerprint density at radius 2 is 1.52 bits per heavy atom. The predicted octanol–water partition coefficient (Wildman–Crippen LogP) is 1.66. The van der Waals surface area contributed by atoms with Gasteiger partial charge in [-0.3, -0.25) is 9.59 Å². The summed E-state index contributed by atoms with van der Waals surface area (Å²) < 4.78 is 15.7. The highest BCUT2D eigenvalue weighted by molar-refractivity contribution is 6.39. The lowest BCUT2D eigenvalue weighted by Crippen LogP contribution is -2.42. The molecule has 7 nitrogen and oxygen atoms in total. The van der Waals surface area contributed by atoms with E-state index in [9.17, 15) is 9.59 Å². The number of anilines is 1. The van der Waals surface area contributed by atoms with E-state index in [1.54, 1.807) is 17.0 Å². The topological polar surface area (TPSA) is 77.1 Å². The zero-order chi connectivity index (χ0) is 16.8. The van der Waals surface area contributed by atoms with Crippen LogP contribution in [0.15, 0.2) is 12.1 Å². The van der Waals surface area contributed by atoms with Crippen LogP contribution in [0.2, 0.25) is 0 Å². The summed E-state index contributed by atoms with van der Waals surface area (Å²) in [6.45, 7) is 1.25. The maximum Gasteiger partial charge on any atom is 0.313 e. The monoisotopic (exact) mass is 322 g/mol. The fourth-order valence-electron chi connectivity index (χ4n) is 2.58. The molecule has 0 saturated carbocycles. The van der Waals surface area contributed by atoms with E-state index in [1.165, 1.54) is 21.3 Å². The van der Waals surface area contributed by atoms with E-state index < -0.39 is 11.8 Å². The van der Waals surface area contributed by atoms with Crippen LogP contribution in [0.25, 0.3) is 0 Å². The van der Waals surface area contributed by atoms with Gasteiger partial charge in [0.1, 0.15) is 0 Å². The largest absolute Gasteiger partial charge is 0.493 e. The highest BCUT2D eigenvalue weighted by atomic mass is 16.5. The summed E-state index contributed by atoms with van der Waals surface area (Å²) in [6, 6.07) is 3.17. The number of methoxy groups -OCH3 is 3. The third kappa shape index (κ3) is 3.85. The third-order valence-electron chi connectivity index (χ3n) is 3.76. The molecule has 0 spiro atoms. The number of hydrogen-bond acceptors (Lipinski definition) is 5. The number of nitrogens with zero attached hydrogens (tertiary/aromatic N) is 1. The first-order chi connectivity index (χ1) is 11.1. The Kier molecular flexibility index (Phi) is 5.67. The zero-order valence-electron chi connectivity index (χ0n) is 13.7. The first-order valence-corrected chi connectivity index (χ1v) is 7.51. The molecule has 1 fully saturated rings. The lowest BCUT2D eigenvalue weighted by atomic mass is 10.1. The zero-order valence-corrected chi connectivity index (χ0v) is 13.7. The molecule has 0 atom stereocenters. The van der Waals surface area contributed by atoms with E-state index in [4.69, 9.17) is 14.2 Å². The van der Waals surface area contributed by atoms with E-state index in [-0.39, 0.29) is 0 Å². The molecular weight excluding hydrogens is 300 g/mol. The Bertz CT molecular complexity index is 557. The molecule has 23 heavy (non-hydrogen) atoms. The molecule has 0 aromatic heterocycles. The van der Waals surface area contributed by atoms with Crippen LogP contribution >= 0.6 is 0 Å². The number of carbonyl (C=O) groups excluding carboxylic acids is 2. The van der Waals surface area contributed by atoms with Crippen molar-refractivity contribution in [1.82, 2.24) is 4.90 Å². The van der Waals surface area contributed by atoms with Crippen molar-refractivity contribution in [3.63, 3.8) is 0 Å². The van der Waals surface area contributed by atoms with Crippen molar-refractivity contribution in [3.8, 4) is 17.2 Å². The van der Waals surface area contributed by atoms with Crippen molar-refractivity contribution in [2.45, 2.75) is 19.3 Å². The van der Waals surface area contributed by atoms with Crippen molar-refractivity contribution in [1.29, 1.82) is 0 Å². The van der Waals surface area contributed by atoms with Gasteiger partial charge < -0.3 is 24.4 Å². The van der Waals surface area contributed by atoms with Crippen molar-refractivity contribution in [2.24, 2.45) is 0 Å². The van der Waals surface area contributed by atoms with Gasteiger partial charge >= 0.3 is 11.8 Å². The van der Waals surface area contributed by atoms with Crippen LogP contribution in [0.3, 0.4) is 0 Å². The third-order valence-corrected chi connectivity index (χ3v) is 3.76. The van der Waals surface area contributed by atoms with E-state index in [0.717, 1.165) is 19.3 Å². The number of benzene rings is 1. The fourth-order valence-corrected chi connectivity index (χ4v) is 2.58. The van der Waals surface area contributed by atoms with Gasteiger partial charge in [-0.1, -0.05) is 0 Å². The molecule has 1 aromatic rings. The molecule has 1 saturated heterocycles. The Morgan fingerprint density at radius 3 is 2.00 bits per heavy atom. The summed E-state index contributed by atoms with van der Waals surface area (Å²) in [5, 5.41) is 2.59. The van der Waals surface area contributed by atoms with Crippen LogP contribution in [0.5, 0.6) is 17.2 Å². The molecule has 1 aliphatic heterocycles. The molecule has 2 rings (SSSR count). The minimum Gasteiger partial charge on any atom is -0.493 e. The van der Waals surface area contributed by atoms with Crippen molar-refractivity contribution in [3.05, 3.63) is 12.1 Å². The van der Waals surface area contributed by atoms with Gasteiger partial charge in [-0.25, -0.2) is 0 Å². The van der Waals surface area contributed by atoms with Gasteiger partial charge in [-0.05, 0) is 19.3 Å². The molecule has 0 bridgehead atoms. The number of rotatable bonds is 4. The molecule has 1 N–H and O–H groups in total. The van der Waals surface area contributed by atoms with Crippen LogP contribution in [0, 0.1) is 0 Å². The quantitative estimate of drug-likeness (QED) is 0.853. The molecule has 126 valence electrons. The molecule has 1 aromatic carbocycles. The molecule has 1 heterocycles. The summed E-state index contributed by atoms with van der Waals surface area (Å²) in [5.74, 6) is 0.0649. The minimum atomic E-state index is -0.666. The second-order valence-electron chi connectivity index (χ2n) is 5.22. The van der Waals surface area contributed by atoms with Crippen LogP contribution in [0.1, 0.15) is 19.3 Å². The number of carbonyl (C=O) groups is 2. The second-order valence-corrected chi connectivity index (χ2v) is 5.22. The van der Waals surface area contributed by atoms with Gasteiger partial charge in [-0.2, -0.15) is 0 Å². The predicted molar refractivity (Wildman–Crippen MR) is 85.2 cm³/mol. The smallest absolute Gasteiger partial charge is 0.313 e. The summed E-state index contributed by atoms with van der Waals surface area (Å²) in [4.78, 5) is 25.9.